The smallest absolute Gasteiger partial charge is 0.251 e. The number of nitrogens with zero attached hydrogens (tertiary/aromatic N) is 7. The van der Waals surface area contributed by atoms with Gasteiger partial charge in [-0.05, 0) is 105 Å². The third-order valence-corrected chi connectivity index (χ3v) is 17.7. The van der Waals surface area contributed by atoms with Crippen LogP contribution >= 0.6 is 46.1 Å². The monoisotopic (exact) mass is 1210 g/mol. The van der Waals surface area contributed by atoms with Gasteiger partial charge in [0.1, 0.15) is 39.7 Å². The molecule has 438 valence electrons. The first-order valence-corrected chi connectivity index (χ1v) is 29.7. The molecule has 2 aromatic heterocycles. The van der Waals surface area contributed by atoms with Crippen LogP contribution < -0.4 is 26.0 Å². The van der Waals surface area contributed by atoms with E-state index in [2.05, 4.69) is 61.2 Å². The van der Waals surface area contributed by atoms with E-state index in [1.54, 1.807) is 11.3 Å². The number of halogens is 5. The number of fused-ring (bicyclic) bond motifs is 3. The number of methoxy groups -OCH3 is 1. The van der Waals surface area contributed by atoms with Crippen molar-refractivity contribution in [1.29, 1.82) is 5.26 Å². The summed E-state index contributed by atoms with van der Waals surface area (Å²) >= 11 is 20.4. The minimum atomic E-state index is -1.81. The number of hydrogen-bond donors (Lipinski definition) is 4. The molecule has 0 aliphatic carbocycles. The highest BCUT2D eigenvalue weighted by atomic mass is 35.5. The lowest BCUT2D eigenvalue weighted by Gasteiger charge is -2.37. The van der Waals surface area contributed by atoms with Gasteiger partial charge >= 0.3 is 0 Å². The van der Waals surface area contributed by atoms with Gasteiger partial charge in [0.2, 0.25) is 11.8 Å². The van der Waals surface area contributed by atoms with Crippen molar-refractivity contribution in [1.82, 2.24) is 40.5 Å². The lowest BCUT2D eigenvalue weighted by molar-refractivity contribution is -0.121. The fourth-order valence-electron chi connectivity index (χ4n) is 11.5. The molecule has 5 atom stereocenters. The Morgan fingerprint density at radius 2 is 1.61 bits per heavy atom. The van der Waals surface area contributed by atoms with Gasteiger partial charge in [0.15, 0.2) is 5.82 Å². The first-order chi connectivity index (χ1) is 39.7. The summed E-state index contributed by atoms with van der Waals surface area (Å²) in [5.74, 6) is -2.46. The molecule has 0 radical (unpaired) electrons. The van der Waals surface area contributed by atoms with E-state index in [1.807, 2.05) is 56.5 Å². The number of aliphatic imine (C=N–C) groups is 1. The maximum atomic E-state index is 16.2. The molecule has 6 aromatic rings. The largest absolute Gasteiger partial charge is 0.495 e. The number of benzene rings is 4. The highest BCUT2D eigenvalue weighted by Gasteiger charge is 2.61. The minimum Gasteiger partial charge on any atom is -0.495 e. The van der Waals surface area contributed by atoms with Gasteiger partial charge in [-0.2, -0.15) is 5.26 Å². The van der Waals surface area contributed by atoms with Crippen molar-refractivity contribution in [2.24, 2.45) is 10.4 Å². The van der Waals surface area contributed by atoms with Gasteiger partial charge in [0, 0.05) is 94.9 Å². The number of aryl methyl sites for hydroxylation is 2. The Labute approximate surface area is 501 Å². The van der Waals surface area contributed by atoms with Crippen molar-refractivity contribution >= 4 is 75.3 Å². The summed E-state index contributed by atoms with van der Waals surface area (Å²) in [4.78, 5) is 52.6. The van der Waals surface area contributed by atoms with Crippen molar-refractivity contribution in [2.45, 2.75) is 90.3 Å². The number of piperazine rings is 1. The predicted octanol–water partition coefficient (Wildman–Crippen LogP) is 10.3. The van der Waals surface area contributed by atoms with Crippen LogP contribution in [0.4, 0.5) is 14.5 Å². The molecule has 4 aromatic carbocycles. The molecular formula is C61H68Cl3F2N11O5S. The normalized spacial score (nSPS) is 20.0. The first-order valence-electron chi connectivity index (χ1n) is 27.7. The first kappa shape index (κ1) is 61.2. The Morgan fingerprint density at radius 3 is 2.31 bits per heavy atom. The molecule has 22 heteroatoms. The van der Waals surface area contributed by atoms with Gasteiger partial charge in [-0.1, -0.05) is 85.9 Å². The molecule has 3 amide bonds. The second-order valence-corrected chi connectivity index (χ2v) is 24.9. The molecule has 5 heterocycles. The molecule has 2 fully saturated rings. The van der Waals surface area contributed by atoms with Crippen LogP contribution in [0.2, 0.25) is 15.1 Å². The van der Waals surface area contributed by atoms with Crippen LogP contribution in [0.25, 0.3) is 5.00 Å². The number of nitrogens with one attached hydrogen (secondary N) is 4. The van der Waals surface area contributed by atoms with Gasteiger partial charge in [-0.15, -0.1) is 21.5 Å². The Hall–Kier alpha value is -6.34. The second-order valence-electron chi connectivity index (χ2n) is 22.5. The van der Waals surface area contributed by atoms with Gasteiger partial charge in [0.25, 0.3) is 5.91 Å². The van der Waals surface area contributed by atoms with Gasteiger partial charge < -0.3 is 35.6 Å². The summed E-state index contributed by atoms with van der Waals surface area (Å²) in [6, 6.07) is 20.2. The Bertz CT molecular complexity index is 3450. The molecule has 3 aliphatic heterocycles. The summed E-state index contributed by atoms with van der Waals surface area (Å²) in [5.41, 5.74) is 2.04. The number of carbonyl (C=O) groups is 3. The zero-order valence-corrected chi connectivity index (χ0v) is 50.6. The average Bonchev–Trinajstić information content (AvgIpc) is 1.96. The molecule has 4 N–H and O–H groups in total. The highest BCUT2D eigenvalue weighted by molar-refractivity contribution is 7.15. The van der Waals surface area contributed by atoms with Crippen LogP contribution in [0.5, 0.6) is 5.75 Å². The van der Waals surface area contributed by atoms with E-state index in [9.17, 15) is 19.6 Å². The fourth-order valence-corrected chi connectivity index (χ4v) is 13.2. The Balaban J connectivity index is 0.721. The van der Waals surface area contributed by atoms with Crippen molar-refractivity contribution in [3.63, 3.8) is 0 Å². The third-order valence-electron chi connectivity index (χ3n) is 15.7. The fraction of sp³-hybridized carbons (Fsp3) is 0.426. The zero-order valence-electron chi connectivity index (χ0n) is 47.5. The zero-order chi connectivity index (χ0) is 59.3. The van der Waals surface area contributed by atoms with Crippen molar-refractivity contribution in [3.8, 4) is 16.8 Å². The summed E-state index contributed by atoms with van der Waals surface area (Å²) in [7, 11) is 1.40. The van der Waals surface area contributed by atoms with Crippen molar-refractivity contribution in [3.05, 3.63) is 155 Å². The maximum Gasteiger partial charge on any atom is 0.251 e. The van der Waals surface area contributed by atoms with Gasteiger partial charge in [-0.25, -0.2) is 8.78 Å². The van der Waals surface area contributed by atoms with Crippen LogP contribution in [-0.4, -0.2) is 133 Å². The molecule has 0 saturated carbocycles. The summed E-state index contributed by atoms with van der Waals surface area (Å²) in [5, 5.41) is 33.9. The molecular weight excluding hydrogens is 1140 g/mol. The van der Waals surface area contributed by atoms with E-state index in [1.165, 1.54) is 60.5 Å². The second kappa shape index (κ2) is 26.3. The van der Waals surface area contributed by atoms with Crippen LogP contribution in [-0.2, 0) is 19.7 Å². The SMILES string of the molecule is COc1cc(C(=O)NCCOCCN2CCN(CCCNC(=O)C[C@@H]3N=C(c4ccc(Cl)cc4)c4c(sc(C)c4C)-n4c(C)nnc43)CC2)ccc1NC(=O)[C@@H]1N[C@@H](CC(C)(C)C)[C@](C#N)(c2ccc(Cl)cc2F)[C@H]1c1cccc(Cl)c1F. The van der Waals surface area contributed by atoms with E-state index in [-0.39, 0.29) is 69.6 Å². The van der Waals surface area contributed by atoms with Crippen LogP contribution in [0.15, 0.2) is 83.9 Å². The van der Waals surface area contributed by atoms with E-state index < -0.39 is 52.4 Å². The number of thiophene rings is 1. The highest BCUT2D eigenvalue weighted by Crippen LogP contribution is 2.53. The van der Waals surface area contributed by atoms with E-state index >= 15 is 8.78 Å². The Kier molecular flexibility index (Phi) is 19.4. The quantitative estimate of drug-likeness (QED) is 0.0532. The summed E-state index contributed by atoms with van der Waals surface area (Å²) in [6.07, 6.45) is 1.23. The minimum absolute atomic E-state index is 0.0394. The number of ether oxygens (including phenoxy) is 2. The topological polar surface area (TPSA) is 191 Å². The molecule has 0 unspecified atom stereocenters. The maximum absolute atomic E-state index is 16.2. The molecule has 83 heavy (non-hydrogen) atoms. The number of nitriles is 1. The third kappa shape index (κ3) is 13.5. The van der Waals surface area contributed by atoms with Gasteiger partial charge in [-0.3, -0.25) is 28.8 Å². The molecule has 9 rings (SSSR count). The summed E-state index contributed by atoms with van der Waals surface area (Å²) < 4.78 is 45.9. The number of carbonyl (C=O) groups excluding carboxylic acids is 3. The number of amides is 3. The van der Waals surface area contributed by atoms with Crippen LogP contribution in [0.1, 0.15) is 107 Å². The summed E-state index contributed by atoms with van der Waals surface area (Å²) in [6.45, 7) is 18.7. The number of rotatable bonds is 20. The number of anilines is 1. The molecule has 2 saturated heterocycles. The van der Waals surface area contributed by atoms with Crippen LogP contribution in [0.3, 0.4) is 0 Å². The number of aromatic nitrogens is 3. The van der Waals surface area contributed by atoms with E-state index in [0.717, 1.165) is 85.0 Å². The van der Waals surface area contributed by atoms with Gasteiger partial charge in [0.05, 0.1) is 55.3 Å². The molecule has 16 nitrogen and oxygen atoms in total. The predicted molar refractivity (Wildman–Crippen MR) is 321 cm³/mol. The standard InChI is InChI=1S/C61H68Cl3F2N11O5S/c1-35-36(2)83-59-51(35)54(38-12-15-40(62)16-13-38)70-47(56-74-73-37(3)77(56)59)32-50(78)68-20-9-22-75-23-25-76(26-24-75)27-29-82-28-21-69-57(79)39-14-19-46(48(30-39)81-7)71-58(80)55-52(42-10-8-11-44(64)53(42)66)61(34-67,49(72-55)33-60(4,5)6)43-18-17-41(63)31-45(43)65/h8,10-19,30-31,47,49,52,55,72H,9,20-29,32-33H2,1-7H3,(H,68,78)(H,69,79)(H,71,80)/t47-,49-,52-,55+,61-/m0/s1. The molecule has 3 aliphatic rings. The van der Waals surface area contributed by atoms with E-state index in [0.29, 0.717) is 30.4 Å². The van der Waals surface area contributed by atoms with Crippen molar-refractivity contribution < 1.29 is 32.6 Å². The molecule has 0 bridgehead atoms. The molecule has 0 spiro atoms. The van der Waals surface area contributed by atoms with Crippen LogP contribution in [0, 0.1) is 49.2 Å². The van der Waals surface area contributed by atoms with E-state index in [4.69, 9.17) is 49.3 Å². The lowest BCUT2D eigenvalue weighted by atomic mass is 9.62. The lowest BCUT2D eigenvalue weighted by Crippen LogP contribution is -2.47. The Morgan fingerprint density at radius 1 is 0.892 bits per heavy atom. The van der Waals surface area contributed by atoms with Crippen molar-refractivity contribution in [2.75, 3.05) is 78.0 Å². The average molecular weight is 1210 g/mol. The number of hydrogen-bond acceptors (Lipinski definition) is 13.